The number of thioether (sulfide) groups is 1. The van der Waals surface area contributed by atoms with E-state index in [1.165, 1.54) is 11.8 Å². The number of aromatic nitrogens is 3. The molecule has 3 aromatic carbocycles. The number of carbonyl (C=O) groups excluding carboxylic acids is 3. The molecule has 174 valence electrons. The van der Waals surface area contributed by atoms with E-state index in [-0.39, 0.29) is 17.5 Å². The largest absolute Gasteiger partial charge is 0.325 e. The molecule has 1 aromatic heterocycles. The lowest BCUT2D eigenvalue weighted by Crippen LogP contribution is -2.24. The molecule has 4 aromatic rings. The molecule has 5 rings (SSSR count). The number of benzene rings is 3. The average molecular weight is 483 g/mol. The van der Waals surface area contributed by atoms with Crippen LogP contribution in [-0.2, 0) is 4.79 Å². The van der Waals surface area contributed by atoms with Crippen molar-refractivity contribution < 1.29 is 14.4 Å². The molecule has 1 heterocycles. The van der Waals surface area contributed by atoms with Gasteiger partial charge in [0.2, 0.25) is 5.91 Å². The van der Waals surface area contributed by atoms with Crippen LogP contribution in [0.4, 0.5) is 5.69 Å². The number of fused-ring (bicyclic) bond motifs is 2. The number of rotatable bonds is 5. The molecule has 0 radical (unpaired) electrons. The summed E-state index contributed by atoms with van der Waals surface area (Å²) < 4.78 is 1.86. The fourth-order valence-electron chi connectivity index (χ4n) is 4.18. The first-order chi connectivity index (χ1) is 16.8. The monoisotopic (exact) mass is 482 g/mol. The number of nitrogens with zero attached hydrogens (tertiary/aromatic N) is 3. The number of hydrogen-bond donors (Lipinski definition) is 1. The predicted octanol–water partition coefficient (Wildman–Crippen LogP) is 4.78. The van der Waals surface area contributed by atoms with Crippen molar-refractivity contribution in [3.63, 3.8) is 0 Å². The van der Waals surface area contributed by atoms with Crippen LogP contribution in [-0.4, -0.2) is 37.5 Å². The number of hydrogen-bond acceptors (Lipinski definition) is 6. The van der Waals surface area contributed by atoms with Gasteiger partial charge in [0, 0.05) is 27.9 Å². The molecular formula is C27H22N4O3S. The Balaban J connectivity index is 1.34. The maximum absolute atomic E-state index is 13.0. The van der Waals surface area contributed by atoms with E-state index in [2.05, 4.69) is 21.6 Å². The van der Waals surface area contributed by atoms with Crippen LogP contribution in [0, 0.1) is 13.8 Å². The minimum atomic E-state index is -0.488. The maximum Gasteiger partial charge on any atom is 0.237 e. The van der Waals surface area contributed by atoms with Crippen LogP contribution in [0.5, 0.6) is 0 Å². The van der Waals surface area contributed by atoms with E-state index in [0.717, 1.165) is 16.8 Å². The first-order valence-corrected chi connectivity index (χ1v) is 12.0. The van der Waals surface area contributed by atoms with Gasteiger partial charge in [-0.1, -0.05) is 53.7 Å². The fraction of sp³-hybridized carbons (Fsp3) is 0.148. The summed E-state index contributed by atoms with van der Waals surface area (Å²) in [5, 5.41) is 11.2. The van der Waals surface area contributed by atoms with Gasteiger partial charge in [-0.15, -0.1) is 10.2 Å². The van der Waals surface area contributed by atoms with Crippen LogP contribution in [0.1, 0.15) is 49.9 Å². The Kier molecular flexibility index (Phi) is 5.82. The molecule has 0 unspecified atom stereocenters. The van der Waals surface area contributed by atoms with Crippen LogP contribution in [0.25, 0.3) is 5.69 Å². The zero-order valence-corrected chi connectivity index (χ0v) is 20.2. The van der Waals surface area contributed by atoms with E-state index < -0.39 is 5.25 Å². The van der Waals surface area contributed by atoms with Crippen molar-refractivity contribution >= 4 is 34.9 Å². The van der Waals surface area contributed by atoms with E-state index >= 15 is 0 Å². The van der Waals surface area contributed by atoms with Crippen molar-refractivity contribution in [2.45, 2.75) is 31.2 Å². The highest BCUT2D eigenvalue weighted by Crippen LogP contribution is 2.30. The summed E-state index contributed by atoms with van der Waals surface area (Å²) in [7, 11) is 0. The second kappa shape index (κ2) is 8.96. The molecule has 0 bridgehead atoms. The first kappa shape index (κ1) is 22.7. The molecule has 1 amide bonds. The average Bonchev–Trinajstić information content (AvgIpc) is 3.30. The number of anilines is 1. The van der Waals surface area contributed by atoms with Gasteiger partial charge in [-0.3, -0.25) is 19.0 Å². The van der Waals surface area contributed by atoms with Gasteiger partial charge in [-0.2, -0.15) is 0 Å². The normalized spacial score (nSPS) is 13.2. The third kappa shape index (κ3) is 4.17. The van der Waals surface area contributed by atoms with E-state index in [4.69, 9.17) is 0 Å². The number of nitrogens with one attached hydrogen (secondary N) is 1. The zero-order valence-electron chi connectivity index (χ0n) is 19.4. The van der Waals surface area contributed by atoms with Crippen LogP contribution in [0.15, 0.2) is 72.1 Å². The number of amides is 1. The first-order valence-electron chi connectivity index (χ1n) is 11.1. The lowest BCUT2D eigenvalue weighted by atomic mass is 9.84. The Morgan fingerprint density at radius 3 is 2.31 bits per heavy atom. The standard InChI is InChI=1S/C27H22N4O3S/c1-15-8-11-23(16(2)12-15)31-14-28-30-27(31)35-17(3)26(34)29-18-9-10-21-22(13-18)25(33)20-7-5-4-6-19(20)24(21)32/h4-14,17H,1-3H3,(H,29,34)/t17-/m0/s1. The van der Waals surface area contributed by atoms with Crippen molar-refractivity contribution in [2.75, 3.05) is 5.32 Å². The number of ketones is 2. The topological polar surface area (TPSA) is 93.9 Å². The van der Waals surface area contributed by atoms with Crippen LogP contribution >= 0.6 is 11.8 Å². The van der Waals surface area contributed by atoms with Crippen LogP contribution in [0.2, 0.25) is 0 Å². The summed E-state index contributed by atoms with van der Waals surface area (Å²) in [4.78, 5) is 38.7. The van der Waals surface area contributed by atoms with E-state index in [9.17, 15) is 14.4 Å². The summed E-state index contributed by atoms with van der Waals surface area (Å²) in [6.07, 6.45) is 1.63. The van der Waals surface area contributed by atoms with Crippen molar-refractivity contribution in [3.05, 3.63) is 100 Å². The van der Waals surface area contributed by atoms with Crippen molar-refractivity contribution in [1.29, 1.82) is 0 Å². The lowest BCUT2D eigenvalue weighted by Gasteiger charge is -2.19. The Morgan fingerprint density at radius 2 is 1.60 bits per heavy atom. The highest BCUT2D eigenvalue weighted by molar-refractivity contribution is 8.00. The smallest absolute Gasteiger partial charge is 0.237 e. The summed E-state index contributed by atoms with van der Waals surface area (Å²) in [5.74, 6) is -0.668. The van der Waals surface area contributed by atoms with Crippen LogP contribution < -0.4 is 5.32 Å². The minimum absolute atomic E-state index is 0.192. The predicted molar refractivity (Wildman–Crippen MR) is 135 cm³/mol. The zero-order chi connectivity index (χ0) is 24.7. The Labute approximate surface area is 206 Å². The van der Waals surface area contributed by atoms with E-state index in [1.807, 2.05) is 30.5 Å². The molecule has 35 heavy (non-hydrogen) atoms. The summed E-state index contributed by atoms with van der Waals surface area (Å²) in [5.41, 5.74) is 5.07. The number of carbonyl (C=O) groups is 3. The highest BCUT2D eigenvalue weighted by atomic mass is 32.2. The molecular weight excluding hydrogens is 460 g/mol. The summed E-state index contributed by atoms with van der Waals surface area (Å²) in [6, 6.07) is 17.7. The van der Waals surface area contributed by atoms with Gasteiger partial charge in [-0.05, 0) is 50.6 Å². The van der Waals surface area contributed by atoms with Crippen LogP contribution in [0.3, 0.4) is 0 Å². The molecule has 7 nitrogen and oxygen atoms in total. The van der Waals surface area contributed by atoms with Gasteiger partial charge in [0.25, 0.3) is 0 Å². The maximum atomic E-state index is 13.0. The second-order valence-electron chi connectivity index (χ2n) is 8.49. The molecule has 1 N–H and O–H groups in total. The van der Waals surface area contributed by atoms with E-state index in [0.29, 0.717) is 33.1 Å². The molecule has 1 aliphatic rings. The van der Waals surface area contributed by atoms with E-state index in [1.54, 1.807) is 55.7 Å². The van der Waals surface area contributed by atoms with Gasteiger partial charge in [0.05, 0.1) is 10.9 Å². The third-order valence-corrected chi connectivity index (χ3v) is 7.03. The number of aryl methyl sites for hydroxylation is 2. The lowest BCUT2D eigenvalue weighted by molar-refractivity contribution is -0.115. The second-order valence-corrected chi connectivity index (χ2v) is 9.79. The molecule has 1 aliphatic carbocycles. The molecule has 0 fully saturated rings. The van der Waals surface area contributed by atoms with Gasteiger partial charge < -0.3 is 5.32 Å². The molecule has 0 saturated carbocycles. The summed E-state index contributed by atoms with van der Waals surface area (Å²) in [6.45, 7) is 5.84. The Hall–Kier alpha value is -4.04. The van der Waals surface area contributed by atoms with Gasteiger partial charge in [-0.25, -0.2) is 0 Å². The molecule has 8 heteroatoms. The SMILES string of the molecule is Cc1ccc(-n2cnnc2S[C@@H](C)C(=O)Nc2ccc3c(c2)C(=O)c2ccccc2C3=O)c(C)c1. The molecule has 0 aliphatic heterocycles. The fourth-order valence-corrected chi connectivity index (χ4v) is 5.01. The van der Waals surface area contributed by atoms with Crippen molar-refractivity contribution in [1.82, 2.24) is 14.8 Å². The minimum Gasteiger partial charge on any atom is -0.325 e. The van der Waals surface area contributed by atoms with Crippen molar-refractivity contribution in [2.24, 2.45) is 0 Å². The Morgan fingerprint density at radius 1 is 0.914 bits per heavy atom. The van der Waals surface area contributed by atoms with Gasteiger partial charge >= 0.3 is 0 Å². The van der Waals surface area contributed by atoms with Gasteiger partial charge in [0.15, 0.2) is 16.7 Å². The Bertz CT molecular complexity index is 1510. The van der Waals surface area contributed by atoms with Gasteiger partial charge in [0.1, 0.15) is 6.33 Å². The van der Waals surface area contributed by atoms with Crippen molar-refractivity contribution in [3.8, 4) is 5.69 Å². The highest BCUT2D eigenvalue weighted by Gasteiger charge is 2.29. The summed E-state index contributed by atoms with van der Waals surface area (Å²) >= 11 is 1.29. The molecule has 1 atom stereocenters. The molecule has 0 spiro atoms. The third-order valence-electron chi connectivity index (χ3n) is 5.97. The quantitative estimate of drug-likeness (QED) is 0.363. The molecule has 0 saturated heterocycles.